The number of rotatable bonds is 6. The molecule has 2 aliphatic carbocycles. The number of nitrogens with zero attached hydrogens (tertiary/aromatic N) is 4. The third kappa shape index (κ3) is 5.01. The molecule has 2 saturated heterocycles. The number of aromatic nitrogens is 2. The lowest BCUT2D eigenvalue weighted by molar-refractivity contribution is -0.131. The molecular weight excluding hydrogens is 752 g/mol. The topological polar surface area (TPSA) is 139 Å². The number of hydrogen-bond acceptors (Lipinski definition) is 9. The molecule has 6 unspecified atom stereocenters. The summed E-state index contributed by atoms with van der Waals surface area (Å²) in [6, 6.07) is 18.9. The highest BCUT2D eigenvalue weighted by Crippen LogP contribution is 2.64. The fourth-order valence-corrected chi connectivity index (χ4v) is 11.1. The van der Waals surface area contributed by atoms with Gasteiger partial charge in [0.05, 0.1) is 40.8 Å². The van der Waals surface area contributed by atoms with Gasteiger partial charge in [-0.3, -0.25) is 33.6 Å². The number of methoxy groups -OCH3 is 1. The Kier molecular flexibility index (Phi) is 8.19. The van der Waals surface area contributed by atoms with Gasteiger partial charge in [0.1, 0.15) is 11.5 Å². The number of ether oxygens (including phenoxy) is 1. The second-order valence-corrected chi connectivity index (χ2v) is 16.9. The first-order chi connectivity index (χ1) is 26.7. The van der Waals surface area contributed by atoms with Gasteiger partial charge in [0.2, 0.25) is 23.6 Å². The Morgan fingerprint density at radius 1 is 0.964 bits per heavy atom. The summed E-state index contributed by atoms with van der Waals surface area (Å²) in [5.41, 5.74) is 2.49. The third-order valence-electron chi connectivity index (χ3n) is 12.6. The van der Waals surface area contributed by atoms with E-state index in [0.717, 1.165) is 26.1 Å². The number of Topliss-reactive ketones (excluding diaryl/α,β-unsaturated/α-hetero) is 1. The fourth-order valence-electron chi connectivity index (χ4n) is 9.82. The van der Waals surface area contributed by atoms with Crippen molar-refractivity contribution in [3.8, 4) is 22.1 Å². The van der Waals surface area contributed by atoms with Crippen molar-refractivity contribution in [3.63, 3.8) is 0 Å². The van der Waals surface area contributed by atoms with Gasteiger partial charge in [-0.2, -0.15) is 5.10 Å². The van der Waals surface area contributed by atoms with Crippen LogP contribution in [0.15, 0.2) is 78.4 Å². The SMILES string of the molecule is COc1ccc(C2C3=CCC4C(=O)N(c5ccc(C(C)=O)cc5)C(=O)C4C3CC3C(=O)N(c4cc(-c5sc6ccc(Cl)cc6c5C)nn4C)C(=O)C32C)cc1O. The predicted molar refractivity (Wildman–Crippen MR) is 212 cm³/mol. The Morgan fingerprint density at radius 3 is 2.41 bits per heavy atom. The number of ketones is 1. The molecule has 56 heavy (non-hydrogen) atoms. The highest BCUT2D eigenvalue weighted by atomic mass is 35.5. The Morgan fingerprint density at radius 2 is 1.71 bits per heavy atom. The number of phenolic OH excluding ortho intramolecular Hbond substituents is 1. The Bertz CT molecular complexity index is 2610. The Labute approximate surface area is 331 Å². The first-order valence-electron chi connectivity index (χ1n) is 18.4. The quantitative estimate of drug-likeness (QED) is 0.105. The molecule has 0 bridgehead atoms. The van der Waals surface area contributed by atoms with Gasteiger partial charge in [0.15, 0.2) is 17.3 Å². The van der Waals surface area contributed by atoms with Crippen LogP contribution in [0.5, 0.6) is 11.5 Å². The highest BCUT2D eigenvalue weighted by molar-refractivity contribution is 7.22. The average Bonchev–Trinajstić information content (AvgIpc) is 3.84. The maximum atomic E-state index is 15.1. The number of halogens is 1. The van der Waals surface area contributed by atoms with Gasteiger partial charge in [0, 0.05) is 34.3 Å². The summed E-state index contributed by atoms with van der Waals surface area (Å²) in [4.78, 5) is 73.8. The number of aromatic hydroxyl groups is 1. The number of amides is 4. The van der Waals surface area contributed by atoms with E-state index in [1.54, 1.807) is 78.5 Å². The molecule has 2 aliphatic heterocycles. The summed E-state index contributed by atoms with van der Waals surface area (Å²) in [6.07, 6.45) is 2.39. The monoisotopic (exact) mass is 788 g/mol. The number of carbonyl (C=O) groups is 5. The van der Waals surface area contributed by atoms with Crippen molar-refractivity contribution in [2.45, 2.75) is 39.5 Å². The molecular formula is C43H37ClN4O7S. The standard InChI is InChI=1S/C43H37ClN4O7S/c1-20-28-17-24(44)9-15-34(28)56-38(20)31-19-35(46(4)45-31)48-40(52)30-18-29-26(37(43(30,3)42(48)54)23-8-14-33(55-5)32(50)16-23)12-13-27-36(29)41(53)47(39(27)51)25-10-6-22(7-11-25)21(2)49/h6-12,14-17,19,27,29-30,36-37,50H,13,18H2,1-5H3. The minimum absolute atomic E-state index is 0.126. The van der Waals surface area contributed by atoms with Gasteiger partial charge in [0.25, 0.3) is 0 Å². The molecule has 3 aromatic carbocycles. The van der Waals surface area contributed by atoms with Gasteiger partial charge in [-0.25, -0.2) is 4.90 Å². The maximum Gasteiger partial charge on any atom is 0.242 e. The van der Waals surface area contributed by atoms with Crippen LogP contribution in [0, 0.1) is 36.0 Å². The first kappa shape index (κ1) is 36.1. The number of thiophene rings is 1. The van der Waals surface area contributed by atoms with Gasteiger partial charge in [-0.05, 0) is 111 Å². The fraction of sp³-hybridized carbons (Fsp3) is 0.302. The van der Waals surface area contributed by atoms with Gasteiger partial charge < -0.3 is 9.84 Å². The zero-order chi connectivity index (χ0) is 39.5. The molecule has 1 N–H and O–H groups in total. The van der Waals surface area contributed by atoms with E-state index in [0.29, 0.717) is 33.3 Å². The number of fused-ring (bicyclic) bond motifs is 5. The molecule has 4 heterocycles. The maximum absolute atomic E-state index is 15.1. The van der Waals surface area contributed by atoms with Crippen molar-refractivity contribution >= 4 is 73.9 Å². The number of phenols is 1. The van der Waals surface area contributed by atoms with Crippen LogP contribution in [0.2, 0.25) is 5.02 Å². The molecule has 3 fully saturated rings. The zero-order valence-corrected chi connectivity index (χ0v) is 32.8. The van der Waals surface area contributed by atoms with Crippen LogP contribution < -0.4 is 14.5 Å². The number of benzene rings is 3. The van der Waals surface area contributed by atoms with Crippen LogP contribution in [0.1, 0.15) is 54.1 Å². The van der Waals surface area contributed by atoms with Crippen molar-refractivity contribution in [3.05, 3.63) is 100 Å². The lowest BCUT2D eigenvalue weighted by Crippen LogP contribution is -2.48. The normalized spacial score (nSPS) is 25.8. The first-order valence-corrected chi connectivity index (χ1v) is 19.6. The second kappa shape index (κ2) is 12.7. The Hall–Kier alpha value is -5.59. The van der Waals surface area contributed by atoms with E-state index >= 15 is 4.79 Å². The molecule has 5 aromatic rings. The molecule has 0 radical (unpaired) electrons. The van der Waals surface area contributed by atoms with Crippen LogP contribution in [0.4, 0.5) is 11.5 Å². The summed E-state index contributed by atoms with van der Waals surface area (Å²) < 4.78 is 7.93. The number of allylic oxidation sites excluding steroid dienone is 2. The molecule has 284 valence electrons. The lowest BCUT2D eigenvalue weighted by atomic mass is 9.51. The van der Waals surface area contributed by atoms with Crippen molar-refractivity contribution in [1.29, 1.82) is 0 Å². The number of anilines is 2. The highest BCUT2D eigenvalue weighted by Gasteiger charge is 2.68. The third-order valence-corrected chi connectivity index (χ3v) is 14.1. The van der Waals surface area contributed by atoms with E-state index < -0.39 is 46.8 Å². The summed E-state index contributed by atoms with van der Waals surface area (Å²) in [7, 11) is 3.15. The van der Waals surface area contributed by atoms with Crippen molar-refractivity contribution in [2.75, 3.05) is 16.9 Å². The largest absolute Gasteiger partial charge is 0.504 e. The molecule has 9 rings (SSSR count). The summed E-state index contributed by atoms with van der Waals surface area (Å²) in [6.45, 7) is 5.25. The van der Waals surface area contributed by atoms with Crippen molar-refractivity contribution in [2.24, 2.45) is 36.1 Å². The minimum atomic E-state index is -1.32. The summed E-state index contributed by atoms with van der Waals surface area (Å²) in [5.74, 6) is -4.82. The number of imide groups is 2. The van der Waals surface area contributed by atoms with Crippen LogP contribution in [0.3, 0.4) is 0 Å². The number of carbonyl (C=O) groups excluding carboxylic acids is 5. The molecule has 0 spiro atoms. The molecule has 13 heteroatoms. The van der Waals surface area contributed by atoms with Crippen LogP contribution in [-0.2, 0) is 26.2 Å². The average molecular weight is 789 g/mol. The van der Waals surface area contributed by atoms with E-state index in [4.69, 9.17) is 21.4 Å². The second-order valence-electron chi connectivity index (χ2n) is 15.4. The van der Waals surface area contributed by atoms with Gasteiger partial charge in [-0.15, -0.1) is 11.3 Å². The van der Waals surface area contributed by atoms with E-state index in [1.807, 2.05) is 31.2 Å². The van der Waals surface area contributed by atoms with Crippen LogP contribution in [0.25, 0.3) is 20.7 Å². The van der Waals surface area contributed by atoms with Crippen molar-refractivity contribution < 1.29 is 33.8 Å². The Balaban J connectivity index is 1.14. The molecule has 2 aromatic heterocycles. The van der Waals surface area contributed by atoms with Crippen LogP contribution in [-0.4, -0.2) is 51.4 Å². The van der Waals surface area contributed by atoms with Crippen molar-refractivity contribution in [1.82, 2.24) is 9.78 Å². The molecule has 6 atom stereocenters. The summed E-state index contributed by atoms with van der Waals surface area (Å²) in [5, 5.41) is 17.4. The van der Waals surface area contributed by atoms with Gasteiger partial charge in [-0.1, -0.05) is 29.3 Å². The number of hydrogen-bond donors (Lipinski definition) is 1. The number of aryl methyl sites for hydroxylation is 2. The molecule has 1 saturated carbocycles. The van der Waals surface area contributed by atoms with E-state index in [9.17, 15) is 24.3 Å². The van der Waals surface area contributed by atoms with Gasteiger partial charge >= 0.3 is 0 Å². The molecule has 4 aliphatic rings. The van der Waals surface area contributed by atoms with E-state index in [-0.39, 0.29) is 41.9 Å². The zero-order valence-electron chi connectivity index (χ0n) is 31.2. The summed E-state index contributed by atoms with van der Waals surface area (Å²) >= 11 is 7.87. The van der Waals surface area contributed by atoms with E-state index in [2.05, 4.69) is 0 Å². The van der Waals surface area contributed by atoms with E-state index in [1.165, 1.54) is 23.8 Å². The lowest BCUT2D eigenvalue weighted by Gasteiger charge is -2.49. The smallest absolute Gasteiger partial charge is 0.242 e. The van der Waals surface area contributed by atoms with Crippen LogP contribution >= 0.6 is 22.9 Å². The minimum Gasteiger partial charge on any atom is -0.504 e. The predicted octanol–water partition coefficient (Wildman–Crippen LogP) is 7.62. The molecule has 4 amide bonds. The molecule has 11 nitrogen and oxygen atoms in total.